The van der Waals surface area contributed by atoms with Gasteiger partial charge in [-0.1, -0.05) is 6.07 Å². The summed E-state index contributed by atoms with van der Waals surface area (Å²) in [5, 5.41) is 2.35. The van der Waals surface area contributed by atoms with Crippen LogP contribution in [0, 0.1) is 0 Å². The number of alkyl halides is 6. The molecule has 9 heteroatoms. The highest BCUT2D eigenvalue weighted by Crippen LogP contribution is 2.43. The van der Waals surface area contributed by atoms with Crippen molar-refractivity contribution in [2.75, 3.05) is 5.32 Å². The average Bonchev–Trinajstić information content (AvgIpc) is 3.02. The van der Waals surface area contributed by atoms with Crippen LogP contribution in [0.4, 0.5) is 32.0 Å². The molecule has 1 aliphatic rings. The summed E-state index contributed by atoms with van der Waals surface area (Å²) in [7, 11) is 0. The zero-order chi connectivity index (χ0) is 18.6. The van der Waals surface area contributed by atoms with Gasteiger partial charge in [-0.3, -0.25) is 4.79 Å². The second-order valence-electron chi connectivity index (χ2n) is 5.98. The van der Waals surface area contributed by atoms with E-state index in [1.54, 1.807) is 0 Å². The molecular weight excluding hydrogens is 352 g/mol. The minimum Gasteiger partial charge on any atom is -0.456 e. The van der Waals surface area contributed by atoms with Crippen molar-refractivity contribution in [2.45, 2.75) is 31.1 Å². The summed E-state index contributed by atoms with van der Waals surface area (Å²) in [6.45, 7) is 1.44. The van der Waals surface area contributed by atoms with E-state index >= 15 is 0 Å². The highest BCUT2D eigenvalue weighted by molar-refractivity contribution is 6.06. The summed E-state index contributed by atoms with van der Waals surface area (Å²) < 4.78 is 80.9. The average molecular weight is 363 g/mol. The van der Waals surface area contributed by atoms with E-state index in [0.29, 0.717) is 0 Å². The Bertz CT molecular complexity index is 836. The van der Waals surface area contributed by atoms with Gasteiger partial charge in [-0.25, -0.2) is 0 Å². The first kappa shape index (κ1) is 17.4. The molecular formula is C16H11F6NO2. The zero-order valence-corrected chi connectivity index (χ0v) is 12.7. The molecule has 0 bridgehead atoms. The van der Waals surface area contributed by atoms with Gasteiger partial charge in [0.2, 0.25) is 11.7 Å². The summed E-state index contributed by atoms with van der Waals surface area (Å²) in [5.74, 6) is -1.89. The van der Waals surface area contributed by atoms with Gasteiger partial charge < -0.3 is 9.73 Å². The lowest BCUT2D eigenvalue weighted by atomic mass is 9.79. The third-order valence-corrected chi connectivity index (χ3v) is 4.16. The van der Waals surface area contributed by atoms with Crippen molar-refractivity contribution in [1.82, 2.24) is 0 Å². The van der Waals surface area contributed by atoms with Crippen LogP contribution in [0.1, 0.15) is 29.6 Å². The quantitative estimate of drug-likeness (QED) is 0.781. The number of hydrogen-bond donors (Lipinski definition) is 1. The largest absolute Gasteiger partial charge is 0.456 e. The van der Waals surface area contributed by atoms with Crippen LogP contribution in [0.25, 0.3) is 0 Å². The number of rotatable bonds is 2. The van der Waals surface area contributed by atoms with Crippen LogP contribution in [-0.4, -0.2) is 5.91 Å². The van der Waals surface area contributed by atoms with Crippen molar-refractivity contribution in [3.05, 3.63) is 53.0 Å². The standard InChI is InChI=1S/C16H11F6NO2/c1-14(7-9-3-5-12(25-9)16(20,21)22)10-4-2-8(15(17,18)19)6-11(10)23-13(14)24/h2-6H,7H2,1H3,(H,23,24). The van der Waals surface area contributed by atoms with E-state index in [9.17, 15) is 31.1 Å². The lowest BCUT2D eigenvalue weighted by Gasteiger charge is -2.21. The Hall–Kier alpha value is -2.45. The molecule has 0 fully saturated rings. The maximum absolute atomic E-state index is 12.8. The fourth-order valence-electron chi connectivity index (χ4n) is 2.84. The van der Waals surface area contributed by atoms with Crippen LogP contribution in [0.3, 0.4) is 0 Å². The van der Waals surface area contributed by atoms with E-state index in [1.807, 2.05) is 0 Å². The van der Waals surface area contributed by atoms with Crippen molar-refractivity contribution in [3.8, 4) is 0 Å². The lowest BCUT2D eigenvalue weighted by Crippen LogP contribution is -2.33. The van der Waals surface area contributed by atoms with Crippen molar-refractivity contribution in [2.24, 2.45) is 0 Å². The number of amides is 1. The molecule has 2 heterocycles. The number of benzene rings is 1. The van der Waals surface area contributed by atoms with E-state index in [-0.39, 0.29) is 23.4 Å². The zero-order valence-electron chi connectivity index (χ0n) is 12.7. The topological polar surface area (TPSA) is 42.2 Å². The van der Waals surface area contributed by atoms with Crippen molar-refractivity contribution >= 4 is 11.6 Å². The molecule has 1 aliphatic heterocycles. The van der Waals surface area contributed by atoms with Crippen molar-refractivity contribution < 1.29 is 35.6 Å². The second kappa shape index (κ2) is 5.27. The van der Waals surface area contributed by atoms with Crippen LogP contribution in [0.2, 0.25) is 0 Å². The predicted octanol–water partition coefficient (Wildman–Crippen LogP) is 4.77. The number of nitrogens with one attached hydrogen (secondary N) is 1. The minimum absolute atomic E-state index is 0.00933. The van der Waals surface area contributed by atoms with Crippen LogP contribution in [-0.2, 0) is 29.0 Å². The number of carbonyl (C=O) groups excluding carboxylic acids is 1. The minimum atomic E-state index is -4.66. The third kappa shape index (κ3) is 2.98. The molecule has 2 aromatic rings. The number of carbonyl (C=O) groups is 1. The first-order chi connectivity index (χ1) is 11.4. The van der Waals surface area contributed by atoms with Gasteiger partial charge in [0.1, 0.15) is 5.76 Å². The van der Waals surface area contributed by atoms with E-state index in [1.165, 1.54) is 6.92 Å². The molecule has 1 aromatic carbocycles. The molecule has 1 aromatic heterocycles. The predicted molar refractivity (Wildman–Crippen MR) is 74.8 cm³/mol. The number of hydrogen-bond acceptors (Lipinski definition) is 2. The van der Waals surface area contributed by atoms with Gasteiger partial charge in [0.25, 0.3) is 0 Å². The van der Waals surface area contributed by atoms with Crippen molar-refractivity contribution in [3.63, 3.8) is 0 Å². The Morgan fingerprint density at radius 2 is 1.72 bits per heavy atom. The van der Waals surface area contributed by atoms with Crippen LogP contribution >= 0.6 is 0 Å². The summed E-state index contributed by atoms with van der Waals surface area (Å²) in [5.41, 5.74) is -1.99. The molecule has 3 nitrogen and oxygen atoms in total. The van der Waals surface area contributed by atoms with E-state index in [4.69, 9.17) is 4.42 Å². The van der Waals surface area contributed by atoms with Crippen LogP contribution in [0.15, 0.2) is 34.7 Å². The maximum Gasteiger partial charge on any atom is 0.449 e. The smallest absolute Gasteiger partial charge is 0.449 e. The van der Waals surface area contributed by atoms with Gasteiger partial charge in [-0.15, -0.1) is 0 Å². The maximum atomic E-state index is 12.8. The van der Waals surface area contributed by atoms with Gasteiger partial charge in [0.05, 0.1) is 11.0 Å². The first-order valence-corrected chi connectivity index (χ1v) is 7.10. The Kier molecular flexibility index (Phi) is 3.66. The fraction of sp³-hybridized carbons (Fsp3) is 0.312. The van der Waals surface area contributed by atoms with Gasteiger partial charge in [-0.2, -0.15) is 26.3 Å². The molecule has 25 heavy (non-hydrogen) atoms. The fourth-order valence-corrected chi connectivity index (χ4v) is 2.84. The SMILES string of the molecule is CC1(Cc2ccc(C(F)(F)F)o2)C(=O)Nc2cc(C(F)(F)F)ccc21. The molecule has 1 amide bonds. The van der Waals surface area contributed by atoms with E-state index in [0.717, 1.165) is 30.3 Å². The summed E-state index contributed by atoms with van der Waals surface area (Å²) in [4.78, 5) is 12.3. The van der Waals surface area contributed by atoms with Gasteiger partial charge in [-0.05, 0) is 36.8 Å². The Morgan fingerprint density at radius 1 is 1.04 bits per heavy atom. The Balaban J connectivity index is 1.95. The summed E-state index contributed by atoms with van der Waals surface area (Å²) in [6.07, 6.45) is -9.44. The molecule has 0 spiro atoms. The monoisotopic (exact) mass is 363 g/mol. The van der Waals surface area contributed by atoms with Crippen LogP contribution < -0.4 is 5.32 Å². The van der Waals surface area contributed by atoms with Crippen molar-refractivity contribution in [1.29, 1.82) is 0 Å². The van der Waals surface area contributed by atoms with Crippen LogP contribution in [0.5, 0.6) is 0 Å². The molecule has 0 radical (unpaired) electrons. The Morgan fingerprint density at radius 3 is 2.28 bits per heavy atom. The molecule has 1 unspecified atom stereocenters. The molecule has 0 saturated heterocycles. The van der Waals surface area contributed by atoms with E-state index in [2.05, 4.69) is 5.32 Å². The molecule has 0 saturated carbocycles. The normalized spacial score (nSPS) is 20.5. The molecule has 1 atom stereocenters. The molecule has 1 N–H and O–H groups in total. The molecule has 134 valence electrons. The van der Waals surface area contributed by atoms with Gasteiger partial charge >= 0.3 is 12.4 Å². The van der Waals surface area contributed by atoms with Gasteiger partial charge in [0, 0.05) is 12.1 Å². The van der Waals surface area contributed by atoms with Gasteiger partial charge in [0.15, 0.2) is 0 Å². The molecule has 3 rings (SSSR count). The Labute approximate surface area is 137 Å². The highest BCUT2D eigenvalue weighted by Gasteiger charge is 2.45. The summed E-state index contributed by atoms with van der Waals surface area (Å²) >= 11 is 0. The summed E-state index contributed by atoms with van der Waals surface area (Å²) in [6, 6.07) is 4.65. The second-order valence-corrected chi connectivity index (χ2v) is 5.98. The highest BCUT2D eigenvalue weighted by atomic mass is 19.4. The molecule has 0 aliphatic carbocycles. The first-order valence-electron chi connectivity index (χ1n) is 7.10. The lowest BCUT2D eigenvalue weighted by molar-refractivity contribution is -0.153. The number of anilines is 1. The number of fused-ring (bicyclic) bond motifs is 1. The third-order valence-electron chi connectivity index (χ3n) is 4.16. The number of halogens is 6. The van der Waals surface area contributed by atoms with E-state index < -0.39 is 35.0 Å². The number of furan rings is 1.